The lowest BCUT2D eigenvalue weighted by Gasteiger charge is -2.32. The third-order valence-electron chi connectivity index (χ3n) is 2.54. The minimum atomic E-state index is -2.56. The summed E-state index contributed by atoms with van der Waals surface area (Å²) in [5, 5.41) is 0. The lowest BCUT2D eigenvalue weighted by molar-refractivity contribution is -0.0278. The van der Waals surface area contributed by atoms with Crippen LogP contribution in [0.1, 0.15) is 25.2 Å². The van der Waals surface area contributed by atoms with E-state index in [2.05, 4.69) is 4.98 Å². The summed E-state index contributed by atoms with van der Waals surface area (Å²) in [6, 6.07) is 0.199. The molecule has 6 heteroatoms. The first kappa shape index (κ1) is 10.5. The van der Waals surface area contributed by atoms with E-state index in [-0.39, 0.29) is 24.6 Å². The molecule has 15 heavy (non-hydrogen) atoms. The molecule has 84 valence electrons. The summed E-state index contributed by atoms with van der Waals surface area (Å²) >= 11 is 0. The number of aromatic nitrogens is 2. The molecule has 0 aliphatic heterocycles. The highest BCUT2D eigenvalue weighted by Crippen LogP contribution is 2.22. The van der Waals surface area contributed by atoms with Crippen molar-refractivity contribution >= 4 is 0 Å². The number of nitrogens with two attached hydrogens (primary N) is 1. The molecule has 0 aromatic carbocycles. The van der Waals surface area contributed by atoms with Gasteiger partial charge < -0.3 is 10.5 Å². The number of alkyl halides is 2. The van der Waals surface area contributed by atoms with Crippen LogP contribution in [0.2, 0.25) is 0 Å². The third kappa shape index (κ3) is 2.32. The molecule has 1 saturated carbocycles. The van der Waals surface area contributed by atoms with E-state index in [1.54, 1.807) is 0 Å². The van der Waals surface area contributed by atoms with E-state index in [4.69, 9.17) is 10.5 Å². The van der Waals surface area contributed by atoms with Gasteiger partial charge in [-0.1, -0.05) is 0 Å². The van der Waals surface area contributed by atoms with Gasteiger partial charge in [0.25, 0.3) is 0 Å². The lowest BCUT2D eigenvalue weighted by atomic mass is 9.90. The molecule has 1 fully saturated rings. The minimum absolute atomic E-state index is 0.0998. The van der Waals surface area contributed by atoms with Gasteiger partial charge in [0.1, 0.15) is 12.4 Å². The highest BCUT2D eigenvalue weighted by Gasteiger charge is 2.27. The molecule has 1 aliphatic rings. The molecule has 1 heterocycles. The Hall–Kier alpha value is -1.01. The molecular weight excluding hydrogens is 204 g/mol. The summed E-state index contributed by atoms with van der Waals surface area (Å²) in [5.41, 5.74) is 5.58. The molecule has 1 aromatic heterocycles. The zero-order valence-corrected chi connectivity index (χ0v) is 8.14. The van der Waals surface area contributed by atoms with Crippen molar-refractivity contribution in [2.45, 2.75) is 38.1 Å². The van der Waals surface area contributed by atoms with E-state index in [0.717, 1.165) is 17.4 Å². The molecule has 0 radical (unpaired) electrons. The monoisotopic (exact) mass is 217 g/mol. The SMILES string of the molecule is NC1CC(OCc2nccn2C(F)F)C1. The second kappa shape index (κ2) is 4.24. The smallest absolute Gasteiger partial charge is 0.320 e. The number of rotatable bonds is 4. The second-order valence-electron chi connectivity index (χ2n) is 3.69. The maximum atomic E-state index is 12.4. The van der Waals surface area contributed by atoms with E-state index >= 15 is 0 Å². The van der Waals surface area contributed by atoms with Crippen molar-refractivity contribution in [3.05, 3.63) is 18.2 Å². The normalized spacial score (nSPS) is 25.6. The van der Waals surface area contributed by atoms with Gasteiger partial charge in [-0.25, -0.2) is 4.98 Å². The van der Waals surface area contributed by atoms with Crippen LogP contribution in [-0.2, 0) is 11.3 Å². The number of hydrogen-bond donors (Lipinski definition) is 1. The van der Waals surface area contributed by atoms with Gasteiger partial charge in [-0.2, -0.15) is 8.78 Å². The predicted molar refractivity (Wildman–Crippen MR) is 49.3 cm³/mol. The van der Waals surface area contributed by atoms with Gasteiger partial charge in [-0.05, 0) is 12.8 Å². The highest BCUT2D eigenvalue weighted by atomic mass is 19.3. The Bertz CT molecular complexity index is 323. The van der Waals surface area contributed by atoms with Gasteiger partial charge in [0.2, 0.25) is 0 Å². The molecule has 1 aromatic rings. The summed E-state index contributed by atoms with van der Waals surface area (Å²) in [4.78, 5) is 3.81. The van der Waals surface area contributed by atoms with E-state index in [1.807, 2.05) is 0 Å². The molecule has 0 unspecified atom stereocenters. The Morgan fingerprint density at radius 1 is 1.60 bits per heavy atom. The first-order valence-electron chi connectivity index (χ1n) is 4.84. The number of hydrogen-bond acceptors (Lipinski definition) is 3. The molecule has 0 saturated heterocycles. The fourth-order valence-electron chi connectivity index (χ4n) is 1.57. The second-order valence-corrected chi connectivity index (χ2v) is 3.69. The Morgan fingerprint density at radius 2 is 2.33 bits per heavy atom. The first-order valence-corrected chi connectivity index (χ1v) is 4.84. The van der Waals surface area contributed by atoms with Gasteiger partial charge in [0.15, 0.2) is 0 Å². The number of ether oxygens (including phenoxy) is 1. The molecule has 0 amide bonds. The Labute approximate surface area is 86.0 Å². The van der Waals surface area contributed by atoms with E-state index in [9.17, 15) is 8.78 Å². The number of halogens is 2. The standard InChI is InChI=1S/C9H13F2N3O/c10-9(11)14-2-1-13-8(14)5-15-7-3-6(12)4-7/h1-2,6-7,9H,3-5,12H2. The topological polar surface area (TPSA) is 53.1 Å². The van der Waals surface area contributed by atoms with Gasteiger partial charge in [0, 0.05) is 18.4 Å². The Balaban J connectivity index is 1.85. The van der Waals surface area contributed by atoms with E-state index in [0.29, 0.717) is 0 Å². The van der Waals surface area contributed by atoms with Crippen molar-refractivity contribution in [1.29, 1.82) is 0 Å². The average molecular weight is 217 g/mol. The van der Waals surface area contributed by atoms with Crippen LogP contribution >= 0.6 is 0 Å². The minimum Gasteiger partial charge on any atom is -0.370 e. The Kier molecular flexibility index (Phi) is 2.97. The fraction of sp³-hybridized carbons (Fsp3) is 0.667. The van der Waals surface area contributed by atoms with E-state index < -0.39 is 6.55 Å². The van der Waals surface area contributed by atoms with Gasteiger partial charge in [-0.15, -0.1) is 0 Å². The summed E-state index contributed by atoms with van der Waals surface area (Å²) in [5.74, 6) is 0.255. The highest BCUT2D eigenvalue weighted by molar-refractivity contribution is 4.92. The van der Waals surface area contributed by atoms with Crippen LogP contribution in [0.15, 0.2) is 12.4 Å². The van der Waals surface area contributed by atoms with Crippen LogP contribution in [0.5, 0.6) is 0 Å². The first-order chi connectivity index (χ1) is 7.16. The average Bonchev–Trinajstić information content (AvgIpc) is 2.58. The van der Waals surface area contributed by atoms with Crippen molar-refractivity contribution in [3.63, 3.8) is 0 Å². The molecular formula is C9H13F2N3O. The fourth-order valence-corrected chi connectivity index (χ4v) is 1.57. The number of imidazole rings is 1. The summed E-state index contributed by atoms with van der Waals surface area (Å²) < 4.78 is 31.0. The van der Waals surface area contributed by atoms with Crippen LogP contribution in [0.3, 0.4) is 0 Å². The summed E-state index contributed by atoms with van der Waals surface area (Å²) in [6.45, 7) is -2.44. The molecule has 0 spiro atoms. The molecule has 4 nitrogen and oxygen atoms in total. The zero-order valence-electron chi connectivity index (χ0n) is 8.14. The summed E-state index contributed by atoms with van der Waals surface area (Å²) in [7, 11) is 0. The molecule has 0 bridgehead atoms. The zero-order chi connectivity index (χ0) is 10.8. The molecule has 2 rings (SSSR count). The lowest BCUT2D eigenvalue weighted by Crippen LogP contribution is -2.41. The van der Waals surface area contributed by atoms with Crippen LogP contribution in [0.25, 0.3) is 0 Å². The largest absolute Gasteiger partial charge is 0.370 e. The summed E-state index contributed by atoms with van der Waals surface area (Å²) in [6.07, 6.45) is 4.29. The van der Waals surface area contributed by atoms with Crippen LogP contribution < -0.4 is 5.73 Å². The van der Waals surface area contributed by atoms with Crippen LogP contribution in [-0.4, -0.2) is 21.7 Å². The van der Waals surface area contributed by atoms with Gasteiger partial charge >= 0.3 is 6.55 Å². The van der Waals surface area contributed by atoms with Crippen molar-refractivity contribution in [3.8, 4) is 0 Å². The van der Waals surface area contributed by atoms with Crippen molar-refractivity contribution in [2.24, 2.45) is 5.73 Å². The van der Waals surface area contributed by atoms with Crippen molar-refractivity contribution in [1.82, 2.24) is 9.55 Å². The van der Waals surface area contributed by atoms with Gasteiger partial charge in [-0.3, -0.25) is 4.57 Å². The van der Waals surface area contributed by atoms with E-state index in [1.165, 1.54) is 12.4 Å². The maximum absolute atomic E-state index is 12.4. The van der Waals surface area contributed by atoms with Crippen LogP contribution in [0, 0.1) is 0 Å². The van der Waals surface area contributed by atoms with Crippen LogP contribution in [0.4, 0.5) is 8.78 Å². The van der Waals surface area contributed by atoms with Crippen molar-refractivity contribution in [2.75, 3.05) is 0 Å². The Morgan fingerprint density at radius 3 is 2.93 bits per heavy atom. The number of nitrogens with zero attached hydrogens (tertiary/aromatic N) is 2. The predicted octanol–water partition coefficient (Wildman–Crippen LogP) is 1.28. The quantitative estimate of drug-likeness (QED) is 0.826. The van der Waals surface area contributed by atoms with Crippen molar-refractivity contribution < 1.29 is 13.5 Å². The molecule has 1 aliphatic carbocycles. The molecule has 0 atom stereocenters. The van der Waals surface area contributed by atoms with Gasteiger partial charge in [0.05, 0.1) is 6.10 Å². The third-order valence-corrected chi connectivity index (χ3v) is 2.54. The molecule has 2 N–H and O–H groups in total. The maximum Gasteiger partial charge on any atom is 0.320 e.